The van der Waals surface area contributed by atoms with E-state index in [9.17, 15) is 4.79 Å². The number of carbonyl (C=O) groups is 1. The topological polar surface area (TPSA) is 55.1 Å². The highest BCUT2D eigenvalue weighted by Crippen LogP contribution is 2.38. The first-order valence-corrected chi connectivity index (χ1v) is 12.5. The Morgan fingerprint density at radius 1 is 0.865 bits per heavy atom. The van der Waals surface area contributed by atoms with E-state index in [4.69, 9.17) is 5.10 Å². The van der Waals surface area contributed by atoms with Gasteiger partial charge in [-0.15, -0.1) is 0 Å². The van der Waals surface area contributed by atoms with Crippen molar-refractivity contribution in [3.63, 3.8) is 0 Å². The summed E-state index contributed by atoms with van der Waals surface area (Å²) in [5.74, 6) is 0.965. The summed E-state index contributed by atoms with van der Waals surface area (Å²) < 4.78 is 4.18. The standard InChI is InChI=1S/C31H29N5O/c1-21-15-17-24(18-16-21)29-28-14-9-19-34(28)30-26(23(3)33-36(30)25-11-5-4-6-12-25)20-35(29)31(37)32-27-13-8-7-10-22(27)2/h4-19,29H,20H2,1-3H3,(H,32,37). The summed E-state index contributed by atoms with van der Waals surface area (Å²) in [6, 6.07) is 30.2. The minimum Gasteiger partial charge on any atom is -0.308 e. The molecule has 3 heterocycles. The molecule has 0 bridgehead atoms. The minimum atomic E-state index is -0.282. The molecule has 6 rings (SSSR count). The molecule has 1 aliphatic heterocycles. The quantitative estimate of drug-likeness (QED) is 0.307. The molecule has 1 unspecified atom stereocenters. The molecule has 1 N–H and O–H groups in total. The van der Waals surface area contributed by atoms with Crippen molar-refractivity contribution in [3.8, 4) is 11.5 Å². The van der Waals surface area contributed by atoms with Gasteiger partial charge in [-0.3, -0.25) is 0 Å². The summed E-state index contributed by atoms with van der Waals surface area (Å²) in [5, 5.41) is 8.10. The van der Waals surface area contributed by atoms with E-state index in [1.165, 1.54) is 5.56 Å². The van der Waals surface area contributed by atoms with Crippen LogP contribution in [0.4, 0.5) is 10.5 Å². The molecule has 0 radical (unpaired) electrons. The van der Waals surface area contributed by atoms with Gasteiger partial charge in [-0.05, 0) is 62.2 Å². The van der Waals surface area contributed by atoms with Gasteiger partial charge in [0.25, 0.3) is 0 Å². The van der Waals surface area contributed by atoms with Crippen LogP contribution in [0.2, 0.25) is 0 Å². The number of anilines is 1. The van der Waals surface area contributed by atoms with Gasteiger partial charge in [0, 0.05) is 17.4 Å². The van der Waals surface area contributed by atoms with Crippen LogP contribution in [0, 0.1) is 20.8 Å². The summed E-state index contributed by atoms with van der Waals surface area (Å²) in [5.41, 5.74) is 8.00. The van der Waals surface area contributed by atoms with E-state index in [0.29, 0.717) is 6.54 Å². The average molecular weight is 488 g/mol. The Kier molecular flexibility index (Phi) is 5.64. The van der Waals surface area contributed by atoms with E-state index >= 15 is 0 Å². The van der Waals surface area contributed by atoms with E-state index in [-0.39, 0.29) is 12.1 Å². The van der Waals surface area contributed by atoms with Crippen molar-refractivity contribution in [2.24, 2.45) is 0 Å². The third-order valence-corrected chi connectivity index (χ3v) is 7.13. The summed E-state index contributed by atoms with van der Waals surface area (Å²) >= 11 is 0. The fourth-order valence-corrected chi connectivity index (χ4v) is 5.15. The number of fused-ring (bicyclic) bond motifs is 3. The van der Waals surface area contributed by atoms with Crippen LogP contribution in [0.3, 0.4) is 0 Å². The Morgan fingerprint density at radius 3 is 2.35 bits per heavy atom. The minimum absolute atomic E-state index is 0.146. The van der Waals surface area contributed by atoms with Gasteiger partial charge in [-0.1, -0.05) is 66.2 Å². The average Bonchev–Trinajstić information content (AvgIpc) is 3.47. The van der Waals surface area contributed by atoms with Crippen molar-refractivity contribution in [2.45, 2.75) is 33.4 Å². The first-order chi connectivity index (χ1) is 18.0. The fourth-order valence-electron chi connectivity index (χ4n) is 5.15. The molecule has 0 aliphatic carbocycles. The van der Waals surface area contributed by atoms with Gasteiger partial charge in [-0.2, -0.15) is 5.10 Å². The zero-order chi connectivity index (χ0) is 25.5. The van der Waals surface area contributed by atoms with E-state index in [1.54, 1.807) is 0 Å². The molecule has 2 amide bonds. The molecular formula is C31H29N5O. The second-order valence-corrected chi connectivity index (χ2v) is 9.62. The van der Waals surface area contributed by atoms with Crippen LogP contribution in [0.1, 0.15) is 39.7 Å². The van der Waals surface area contributed by atoms with E-state index < -0.39 is 0 Å². The number of para-hydroxylation sites is 2. The SMILES string of the molecule is Cc1ccc(C2c3cccn3-c3c(c(C)nn3-c3ccccc3)CN2C(=O)Nc2ccccc2C)cc1. The molecule has 2 aromatic heterocycles. The van der Waals surface area contributed by atoms with Gasteiger partial charge in [0.1, 0.15) is 5.82 Å². The number of nitrogens with zero attached hydrogens (tertiary/aromatic N) is 4. The number of hydrogen-bond acceptors (Lipinski definition) is 2. The number of rotatable bonds is 3. The Morgan fingerprint density at radius 2 is 1.59 bits per heavy atom. The van der Waals surface area contributed by atoms with Crippen molar-refractivity contribution in [3.05, 3.63) is 131 Å². The maximum Gasteiger partial charge on any atom is 0.322 e. The number of aromatic nitrogens is 3. The molecule has 3 aromatic carbocycles. The third kappa shape index (κ3) is 4.00. The number of carbonyl (C=O) groups excluding carboxylic acids is 1. The van der Waals surface area contributed by atoms with Gasteiger partial charge >= 0.3 is 6.03 Å². The maximum absolute atomic E-state index is 14.0. The lowest BCUT2D eigenvalue weighted by molar-refractivity contribution is 0.194. The van der Waals surface area contributed by atoms with Crippen LogP contribution in [-0.4, -0.2) is 25.3 Å². The number of urea groups is 1. The van der Waals surface area contributed by atoms with Crippen molar-refractivity contribution in [1.82, 2.24) is 19.2 Å². The van der Waals surface area contributed by atoms with Crippen LogP contribution >= 0.6 is 0 Å². The molecule has 0 spiro atoms. The predicted octanol–water partition coefficient (Wildman–Crippen LogP) is 6.73. The van der Waals surface area contributed by atoms with Gasteiger partial charge < -0.3 is 14.8 Å². The molecular weight excluding hydrogens is 458 g/mol. The lowest BCUT2D eigenvalue weighted by Crippen LogP contribution is -2.38. The largest absolute Gasteiger partial charge is 0.322 e. The van der Waals surface area contributed by atoms with Crippen LogP contribution in [-0.2, 0) is 6.54 Å². The third-order valence-electron chi connectivity index (χ3n) is 7.13. The summed E-state index contributed by atoms with van der Waals surface area (Å²) in [6.45, 7) is 6.53. The van der Waals surface area contributed by atoms with Crippen LogP contribution in [0.15, 0.2) is 97.2 Å². The lowest BCUT2D eigenvalue weighted by atomic mass is 10.0. The monoisotopic (exact) mass is 487 g/mol. The van der Waals surface area contributed by atoms with Crippen LogP contribution < -0.4 is 5.32 Å². The molecule has 1 atom stereocenters. The molecule has 0 fully saturated rings. The number of benzene rings is 3. The van der Waals surface area contributed by atoms with Gasteiger partial charge in [-0.25, -0.2) is 9.48 Å². The second-order valence-electron chi connectivity index (χ2n) is 9.62. The molecule has 0 saturated carbocycles. The van der Waals surface area contributed by atoms with Crippen molar-refractivity contribution in [2.75, 3.05) is 5.32 Å². The Bertz CT molecular complexity index is 1580. The fraction of sp³-hybridized carbons (Fsp3) is 0.161. The first kappa shape index (κ1) is 22.9. The zero-order valence-corrected chi connectivity index (χ0v) is 21.2. The van der Waals surface area contributed by atoms with Gasteiger partial charge in [0.15, 0.2) is 0 Å². The van der Waals surface area contributed by atoms with Crippen LogP contribution in [0.25, 0.3) is 11.5 Å². The number of amides is 2. The highest BCUT2D eigenvalue weighted by atomic mass is 16.2. The normalized spacial score (nSPS) is 14.6. The summed E-state index contributed by atoms with van der Waals surface area (Å²) in [7, 11) is 0. The Balaban J connectivity index is 1.54. The Hall–Kier alpha value is -4.58. The van der Waals surface area contributed by atoms with E-state index in [0.717, 1.165) is 45.3 Å². The van der Waals surface area contributed by atoms with Crippen molar-refractivity contribution in [1.29, 1.82) is 0 Å². The summed E-state index contributed by atoms with van der Waals surface area (Å²) in [4.78, 5) is 16.0. The van der Waals surface area contributed by atoms with Crippen molar-refractivity contribution < 1.29 is 4.79 Å². The Labute approximate surface area is 216 Å². The molecule has 37 heavy (non-hydrogen) atoms. The highest BCUT2D eigenvalue weighted by molar-refractivity contribution is 5.91. The number of aryl methyl sites for hydroxylation is 3. The molecule has 184 valence electrons. The van der Waals surface area contributed by atoms with Gasteiger partial charge in [0.2, 0.25) is 0 Å². The maximum atomic E-state index is 14.0. The smallest absolute Gasteiger partial charge is 0.308 e. The first-order valence-electron chi connectivity index (χ1n) is 12.5. The van der Waals surface area contributed by atoms with Gasteiger partial charge in [0.05, 0.1) is 29.7 Å². The predicted molar refractivity (Wildman–Crippen MR) is 146 cm³/mol. The van der Waals surface area contributed by atoms with E-state index in [1.807, 2.05) is 72.0 Å². The number of nitrogens with one attached hydrogen (secondary N) is 1. The molecule has 5 aromatic rings. The molecule has 6 heteroatoms. The number of hydrogen-bond donors (Lipinski definition) is 1. The summed E-state index contributed by atoms with van der Waals surface area (Å²) in [6.07, 6.45) is 2.07. The highest BCUT2D eigenvalue weighted by Gasteiger charge is 2.36. The second kappa shape index (κ2) is 9.13. The van der Waals surface area contributed by atoms with E-state index in [2.05, 4.69) is 65.5 Å². The molecule has 6 nitrogen and oxygen atoms in total. The molecule has 0 saturated heterocycles. The molecule has 1 aliphatic rings. The lowest BCUT2D eigenvalue weighted by Gasteiger charge is -2.31. The van der Waals surface area contributed by atoms with Crippen molar-refractivity contribution >= 4 is 11.7 Å². The zero-order valence-electron chi connectivity index (χ0n) is 21.2. The van der Waals surface area contributed by atoms with Crippen LogP contribution in [0.5, 0.6) is 0 Å².